The highest BCUT2D eigenvalue weighted by atomic mass is 16.5. The Bertz CT molecular complexity index is 969. The lowest BCUT2D eigenvalue weighted by molar-refractivity contribution is 0.162. The van der Waals surface area contributed by atoms with Crippen molar-refractivity contribution in [2.24, 2.45) is 0 Å². The molecular formula is C24H22O. The molecule has 1 nitrogen and oxygen atoms in total. The van der Waals surface area contributed by atoms with Crippen LogP contribution in [0.2, 0.25) is 0 Å². The van der Waals surface area contributed by atoms with Gasteiger partial charge in [-0.25, -0.2) is 0 Å². The van der Waals surface area contributed by atoms with E-state index in [1.165, 1.54) is 43.1 Å². The van der Waals surface area contributed by atoms with Gasteiger partial charge in [0.1, 0.15) is 0 Å². The molecule has 0 aromatic heterocycles. The standard InChI is InChI=1S/C20H12.C4H10O/c1-5-13-6-2-11-17-18-12-4-8-14-7-3-10-16(20(14)18)15(9-1)19(13)17;1-3-5-4-2/h1-12H;3-4H2,1-2H3. The van der Waals surface area contributed by atoms with Crippen molar-refractivity contribution in [3.63, 3.8) is 0 Å². The Morgan fingerprint density at radius 2 is 0.840 bits per heavy atom. The molecule has 0 N–H and O–H groups in total. The Morgan fingerprint density at radius 1 is 0.520 bits per heavy atom. The fraction of sp³-hybridized carbons (Fsp3) is 0.167. The average molecular weight is 326 g/mol. The molecule has 0 saturated carbocycles. The van der Waals surface area contributed by atoms with E-state index in [-0.39, 0.29) is 0 Å². The van der Waals surface area contributed by atoms with E-state index in [4.69, 9.17) is 4.74 Å². The summed E-state index contributed by atoms with van der Waals surface area (Å²) in [6, 6.07) is 26.4. The Balaban J connectivity index is 0.000000280. The molecule has 0 aliphatic rings. The van der Waals surface area contributed by atoms with Gasteiger partial charge in [-0.3, -0.25) is 0 Å². The summed E-state index contributed by atoms with van der Waals surface area (Å²) in [5, 5.41) is 10.9. The minimum Gasteiger partial charge on any atom is -0.382 e. The normalized spacial score (nSPS) is 11.3. The SMILES string of the molecule is CCOCC.c1cc2cccc3c4cccc5cccc(c(c1)c23)c54. The fourth-order valence-corrected chi connectivity index (χ4v) is 3.78. The summed E-state index contributed by atoms with van der Waals surface area (Å²) in [7, 11) is 0. The average Bonchev–Trinajstić information content (AvgIpc) is 2.67. The summed E-state index contributed by atoms with van der Waals surface area (Å²) in [6.45, 7) is 5.67. The van der Waals surface area contributed by atoms with E-state index in [1.54, 1.807) is 0 Å². The van der Waals surface area contributed by atoms with Gasteiger partial charge in [-0.1, -0.05) is 72.8 Å². The molecule has 5 aromatic carbocycles. The highest BCUT2D eigenvalue weighted by Crippen LogP contribution is 2.39. The molecule has 0 bridgehead atoms. The van der Waals surface area contributed by atoms with E-state index in [1.807, 2.05) is 13.8 Å². The quantitative estimate of drug-likeness (QED) is 0.256. The zero-order chi connectivity index (χ0) is 17.2. The molecule has 124 valence electrons. The molecule has 0 radical (unpaired) electrons. The Kier molecular flexibility index (Phi) is 4.25. The van der Waals surface area contributed by atoms with Crippen LogP contribution in [-0.4, -0.2) is 13.2 Å². The van der Waals surface area contributed by atoms with E-state index < -0.39 is 0 Å². The zero-order valence-electron chi connectivity index (χ0n) is 14.8. The van der Waals surface area contributed by atoms with Crippen LogP contribution in [-0.2, 0) is 4.74 Å². The number of hydrogen-bond acceptors (Lipinski definition) is 1. The first-order chi connectivity index (χ1) is 12.3. The van der Waals surface area contributed by atoms with E-state index in [9.17, 15) is 0 Å². The predicted molar refractivity (Wildman–Crippen MR) is 110 cm³/mol. The minimum absolute atomic E-state index is 0.844. The highest BCUT2D eigenvalue weighted by molar-refractivity contribution is 6.32. The van der Waals surface area contributed by atoms with Crippen LogP contribution in [0.4, 0.5) is 0 Å². The third-order valence-electron chi connectivity index (χ3n) is 4.80. The van der Waals surface area contributed by atoms with E-state index >= 15 is 0 Å². The Morgan fingerprint density at radius 3 is 1.08 bits per heavy atom. The van der Waals surface area contributed by atoms with Gasteiger partial charge in [0.15, 0.2) is 0 Å². The van der Waals surface area contributed by atoms with Gasteiger partial charge in [-0.05, 0) is 56.9 Å². The van der Waals surface area contributed by atoms with Crippen molar-refractivity contribution < 1.29 is 4.74 Å². The van der Waals surface area contributed by atoms with Crippen LogP contribution in [0.15, 0.2) is 72.8 Å². The number of rotatable bonds is 2. The number of hydrogen-bond donors (Lipinski definition) is 0. The molecule has 25 heavy (non-hydrogen) atoms. The second-order valence-electron chi connectivity index (χ2n) is 6.20. The van der Waals surface area contributed by atoms with E-state index in [0.717, 1.165) is 13.2 Å². The number of benzene rings is 5. The van der Waals surface area contributed by atoms with E-state index in [2.05, 4.69) is 72.8 Å². The molecule has 0 spiro atoms. The molecule has 5 rings (SSSR count). The van der Waals surface area contributed by atoms with Crippen molar-refractivity contribution in [3.8, 4) is 0 Å². The summed E-state index contributed by atoms with van der Waals surface area (Å²) >= 11 is 0. The van der Waals surface area contributed by atoms with Crippen molar-refractivity contribution >= 4 is 43.1 Å². The van der Waals surface area contributed by atoms with Gasteiger partial charge in [0.05, 0.1) is 0 Å². The van der Waals surface area contributed by atoms with E-state index in [0.29, 0.717) is 0 Å². The Hall–Kier alpha value is -2.64. The van der Waals surface area contributed by atoms with Crippen molar-refractivity contribution in [2.75, 3.05) is 13.2 Å². The first-order valence-corrected chi connectivity index (χ1v) is 8.97. The maximum absolute atomic E-state index is 4.83. The van der Waals surface area contributed by atoms with Crippen LogP contribution in [0.25, 0.3) is 43.1 Å². The first-order valence-electron chi connectivity index (χ1n) is 8.97. The lowest BCUT2D eigenvalue weighted by atomic mass is 9.90. The van der Waals surface area contributed by atoms with Gasteiger partial charge in [0.2, 0.25) is 0 Å². The summed E-state index contributed by atoms with van der Waals surface area (Å²) < 4.78 is 4.83. The van der Waals surface area contributed by atoms with Crippen molar-refractivity contribution in [1.29, 1.82) is 0 Å². The number of fused-ring (bicyclic) bond motifs is 2. The highest BCUT2D eigenvalue weighted by Gasteiger charge is 2.11. The zero-order valence-corrected chi connectivity index (χ0v) is 14.8. The molecule has 5 aromatic rings. The summed E-state index contributed by atoms with van der Waals surface area (Å²) in [5.74, 6) is 0. The third kappa shape index (κ3) is 2.61. The van der Waals surface area contributed by atoms with Gasteiger partial charge in [0, 0.05) is 13.2 Å². The van der Waals surface area contributed by atoms with Crippen LogP contribution in [0.5, 0.6) is 0 Å². The smallest absolute Gasteiger partial charge is 0.0437 e. The summed E-state index contributed by atoms with van der Waals surface area (Å²) in [6.07, 6.45) is 0. The monoisotopic (exact) mass is 326 g/mol. The fourth-order valence-electron chi connectivity index (χ4n) is 3.78. The predicted octanol–water partition coefficient (Wildman–Crippen LogP) is 6.78. The molecule has 0 unspecified atom stereocenters. The maximum Gasteiger partial charge on any atom is 0.0437 e. The molecule has 0 fully saturated rings. The van der Waals surface area contributed by atoms with Crippen LogP contribution in [0.1, 0.15) is 13.8 Å². The summed E-state index contributed by atoms with van der Waals surface area (Å²) in [4.78, 5) is 0. The molecule has 0 aliphatic heterocycles. The van der Waals surface area contributed by atoms with Crippen molar-refractivity contribution in [2.45, 2.75) is 13.8 Å². The second-order valence-corrected chi connectivity index (χ2v) is 6.20. The molecule has 0 saturated heterocycles. The molecule has 0 heterocycles. The molecule has 1 heteroatoms. The maximum atomic E-state index is 4.83. The third-order valence-corrected chi connectivity index (χ3v) is 4.80. The largest absolute Gasteiger partial charge is 0.382 e. The minimum atomic E-state index is 0.844. The summed E-state index contributed by atoms with van der Waals surface area (Å²) in [5.41, 5.74) is 0. The topological polar surface area (TPSA) is 9.23 Å². The van der Waals surface area contributed by atoms with Crippen LogP contribution in [0, 0.1) is 0 Å². The molecule has 0 atom stereocenters. The lowest BCUT2D eigenvalue weighted by Gasteiger charge is -2.13. The van der Waals surface area contributed by atoms with Crippen LogP contribution < -0.4 is 0 Å². The van der Waals surface area contributed by atoms with Crippen molar-refractivity contribution in [1.82, 2.24) is 0 Å². The van der Waals surface area contributed by atoms with Gasteiger partial charge in [-0.2, -0.15) is 0 Å². The molecule has 0 amide bonds. The second kappa shape index (κ2) is 6.70. The van der Waals surface area contributed by atoms with Crippen LogP contribution >= 0.6 is 0 Å². The van der Waals surface area contributed by atoms with Gasteiger partial charge < -0.3 is 4.74 Å². The number of ether oxygens (including phenoxy) is 1. The molecular weight excluding hydrogens is 304 g/mol. The first kappa shape index (κ1) is 15.9. The van der Waals surface area contributed by atoms with Crippen molar-refractivity contribution in [3.05, 3.63) is 72.8 Å². The van der Waals surface area contributed by atoms with Crippen LogP contribution in [0.3, 0.4) is 0 Å². The van der Waals surface area contributed by atoms with Gasteiger partial charge >= 0.3 is 0 Å². The molecule has 0 aliphatic carbocycles. The lowest BCUT2D eigenvalue weighted by Crippen LogP contribution is -1.85. The van der Waals surface area contributed by atoms with Gasteiger partial charge in [-0.15, -0.1) is 0 Å². The Labute approximate surface area is 148 Å². The van der Waals surface area contributed by atoms with Gasteiger partial charge in [0.25, 0.3) is 0 Å².